The number of rotatable bonds is 11. The summed E-state index contributed by atoms with van der Waals surface area (Å²) in [6.07, 6.45) is 4.67. The van der Waals surface area contributed by atoms with Crippen molar-refractivity contribution in [3.05, 3.63) is 0 Å². The van der Waals surface area contributed by atoms with Crippen molar-refractivity contribution < 1.29 is 4.74 Å². The van der Waals surface area contributed by atoms with Gasteiger partial charge in [0, 0.05) is 19.7 Å². The highest BCUT2D eigenvalue weighted by Gasteiger charge is 2.07. The van der Waals surface area contributed by atoms with Crippen molar-refractivity contribution >= 4 is 11.8 Å². The van der Waals surface area contributed by atoms with Crippen LogP contribution in [0, 0.1) is 0 Å². The molecule has 1 N–H and O–H groups in total. The lowest BCUT2D eigenvalue weighted by molar-refractivity contribution is 0.198. The molecule has 0 fully saturated rings. The summed E-state index contributed by atoms with van der Waals surface area (Å²) < 4.78 is 4.98. The van der Waals surface area contributed by atoms with Crippen molar-refractivity contribution in [1.82, 2.24) is 10.2 Å². The number of thioether (sulfide) groups is 1. The van der Waals surface area contributed by atoms with Crippen molar-refractivity contribution in [2.45, 2.75) is 25.8 Å². The Morgan fingerprint density at radius 1 is 1.38 bits per heavy atom. The average molecular weight is 248 g/mol. The quantitative estimate of drug-likeness (QED) is 0.562. The van der Waals surface area contributed by atoms with Crippen molar-refractivity contribution in [1.29, 1.82) is 0 Å². The van der Waals surface area contributed by atoms with Gasteiger partial charge in [0.25, 0.3) is 0 Å². The number of nitrogens with one attached hydrogen (secondary N) is 1. The van der Waals surface area contributed by atoms with Gasteiger partial charge in [0.05, 0.1) is 6.61 Å². The number of hydrogen-bond acceptors (Lipinski definition) is 4. The first-order chi connectivity index (χ1) is 7.72. The van der Waals surface area contributed by atoms with Crippen LogP contribution >= 0.6 is 11.8 Å². The van der Waals surface area contributed by atoms with Gasteiger partial charge in [-0.25, -0.2) is 0 Å². The van der Waals surface area contributed by atoms with Crippen LogP contribution in [0.3, 0.4) is 0 Å². The van der Waals surface area contributed by atoms with Gasteiger partial charge in [-0.2, -0.15) is 11.8 Å². The third kappa shape index (κ3) is 9.46. The zero-order valence-electron chi connectivity index (χ0n) is 11.3. The smallest absolute Gasteiger partial charge is 0.0587 e. The second-order valence-corrected chi connectivity index (χ2v) is 5.19. The summed E-state index contributed by atoms with van der Waals surface area (Å²) in [5.74, 6) is 1.26. The molecule has 3 nitrogen and oxygen atoms in total. The van der Waals surface area contributed by atoms with E-state index in [1.165, 1.54) is 25.1 Å². The van der Waals surface area contributed by atoms with Crippen LogP contribution < -0.4 is 5.32 Å². The molecule has 0 aromatic carbocycles. The summed E-state index contributed by atoms with van der Waals surface area (Å²) in [4.78, 5) is 2.45. The molecule has 1 unspecified atom stereocenters. The monoisotopic (exact) mass is 248 g/mol. The van der Waals surface area contributed by atoms with E-state index in [4.69, 9.17) is 4.74 Å². The van der Waals surface area contributed by atoms with Crippen molar-refractivity contribution in [2.24, 2.45) is 0 Å². The molecule has 0 rings (SSSR count). The predicted octanol–water partition coefficient (Wildman–Crippen LogP) is 1.69. The largest absolute Gasteiger partial charge is 0.383 e. The van der Waals surface area contributed by atoms with E-state index in [2.05, 4.69) is 30.4 Å². The lowest BCUT2D eigenvalue weighted by Crippen LogP contribution is -2.32. The molecule has 0 bridgehead atoms. The van der Waals surface area contributed by atoms with Crippen LogP contribution in [0.1, 0.15) is 19.8 Å². The van der Waals surface area contributed by atoms with Crippen LogP contribution in [-0.2, 0) is 4.74 Å². The Labute approximate surface area is 105 Å². The Kier molecular flexibility index (Phi) is 11.9. The van der Waals surface area contributed by atoms with Crippen LogP contribution in [0.4, 0.5) is 0 Å². The normalized spacial score (nSPS) is 13.3. The third-order valence-electron chi connectivity index (χ3n) is 2.84. The summed E-state index contributed by atoms with van der Waals surface area (Å²) in [7, 11) is 3.96. The van der Waals surface area contributed by atoms with Gasteiger partial charge in [-0.05, 0) is 51.9 Å². The van der Waals surface area contributed by atoms with Crippen molar-refractivity contribution in [3.63, 3.8) is 0 Å². The van der Waals surface area contributed by atoms with Crippen LogP contribution in [0.25, 0.3) is 0 Å². The molecule has 0 saturated heterocycles. The van der Waals surface area contributed by atoms with E-state index < -0.39 is 0 Å². The fraction of sp³-hybridized carbons (Fsp3) is 1.00. The first-order valence-corrected chi connectivity index (χ1v) is 7.50. The minimum absolute atomic E-state index is 0.700. The van der Waals surface area contributed by atoms with E-state index in [0.717, 1.165) is 19.7 Å². The summed E-state index contributed by atoms with van der Waals surface area (Å²) in [6, 6.07) is 0.700. The second kappa shape index (κ2) is 11.7. The maximum atomic E-state index is 4.98. The van der Waals surface area contributed by atoms with E-state index in [1.807, 2.05) is 11.8 Å². The SMILES string of the molecule is COCCNCCCN(C)C(C)CCSC. The molecule has 0 aromatic heterocycles. The number of hydrogen-bond donors (Lipinski definition) is 1. The molecule has 0 radical (unpaired) electrons. The Hall–Kier alpha value is 0.230. The molecule has 0 aromatic rings. The zero-order chi connectivity index (χ0) is 12.2. The molecule has 98 valence electrons. The lowest BCUT2D eigenvalue weighted by atomic mass is 10.2. The molecular weight excluding hydrogens is 220 g/mol. The first kappa shape index (κ1) is 16.2. The average Bonchev–Trinajstić information content (AvgIpc) is 2.30. The molecule has 16 heavy (non-hydrogen) atoms. The van der Waals surface area contributed by atoms with Gasteiger partial charge in [0.1, 0.15) is 0 Å². The fourth-order valence-electron chi connectivity index (χ4n) is 1.48. The van der Waals surface area contributed by atoms with Gasteiger partial charge in [-0.3, -0.25) is 0 Å². The fourth-order valence-corrected chi connectivity index (χ4v) is 2.06. The number of nitrogens with zero attached hydrogens (tertiary/aromatic N) is 1. The molecule has 0 aliphatic carbocycles. The third-order valence-corrected chi connectivity index (χ3v) is 3.48. The Balaban J connectivity index is 3.31. The first-order valence-electron chi connectivity index (χ1n) is 6.11. The van der Waals surface area contributed by atoms with Gasteiger partial charge in [0.15, 0.2) is 0 Å². The molecule has 0 heterocycles. The van der Waals surface area contributed by atoms with E-state index in [-0.39, 0.29) is 0 Å². The highest BCUT2D eigenvalue weighted by atomic mass is 32.2. The number of methoxy groups -OCH3 is 1. The van der Waals surface area contributed by atoms with Gasteiger partial charge in [-0.15, -0.1) is 0 Å². The summed E-state index contributed by atoms with van der Waals surface area (Å²) in [5, 5.41) is 3.37. The molecule has 0 spiro atoms. The zero-order valence-corrected chi connectivity index (χ0v) is 12.1. The highest BCUT2D eigenvalue weighted by Crippen LogP contribution is 2.05. The highest BCUT2D eigenvalue weighted by molar-refractivity contribution is 7.98. The van der Waals surface area contributed by atoms with Crippen molar-refractivity contribution in [3.8, 4) is 0 Å². The van der Waals surface area contributed by atoms with E-state index in [0.29, 0.717) is 6.04 Å². The van der Waals surface area contributed by atoms with E-state index in [9.17, 15) is 0 Å². The summed E-state index contributed by atoms with van der Waals surface area (Å²) >= 11 is 1.93. The minimum atomic E-state index is 0.700. The standard InChI is InChI=1S/C12H28N2OS/c1-12(6-11-16-4)14(2)9-5-7-13-8-10-15-3/h12-13H,5-11H2,1-4H3. The molecule has 0 amide bonds. The van der Waals surface area contributed by atoms with Crippen LogP contribution in [-0.4, -0.2) is 63.3 Å². The summed E-state index contributed by atoms with van der Waals surface area (Å²) in [6.45, 7) is 6.34. The number of ether oxygens (including phenoxy) is 1. The topological polar surface area (TPSA) is 24.5 Å². The van der Waals surface area contributed by atoms with Gasteiger partial charge in [-0.1, -0.05) is 0 Å². The van der Waals surface area contributed by atoms with E-state index in [1.54, 1.807) is 7.11 Å². The Morgan fingerprint density at radius 2 is 2.12 bits per heavy atom. The van der Waals surface area contributed by atoms with Gasteiger partial charge < -0.3 is 15.0 Å². The molecule has 4 heteroatoms. The molecule has 0 saturated carbocycles. The minimum Gasteiger partial charge on any atom is -0.383 e. The van der Waals surface area contributed by atoms with Crippen molar-refractivity contribution in [2.75, 3.05) is 52.4 Å². The predicted molar refractivity (Wildman–Crippen MR) is 74.5 cm³/mol. The Morgan fingerprint density at radius 3 is 2.75 bits per heavy atom. The second-order valence-electron chi connectivity index (χ2n) is 4.21. The van der Waals surface area contributed by atoms with Crippen LogP contribution in [0.15, 0.2) is 0 Å². The summed E-state index contributed by atoms with van der Waals surface area (Å²) in [5.41, 5.74) is 0. The van der Waals surface area contributed by atoms with Gasteiger partial charge >= 0.3 is 0 Å². The van der Waals surface area contributed by atoms with Crippen LogP contribution in [0.2, 0.25) is 0 Å². The maximum Gasteiger partial charge on any atom is 0.0587 e. The van der Waals surface area contributed by atoms with Gasteiger partial charge in [0.2, 0.25) is 0 Å². The molecular formula is C12H28N2OS. The molecule has 0 aliphatic rings. The van der Waals surface area contributed by atoms with E-state index >= 15 is 0 Å². The lowest BCUT2D eigenvalue weighted by Gasteiger charge is -2.24. The molecule has 1 atom stereocenters. The maximum absolute atomic E-state index is 4.98. The molecule has 0 aliphatic heterocycles. The Bertz CT molecular complexity index is 147. The van der Waals surface area contributed by atoms with Crippen LogP contribution in [0.5, 0.6) is 0 Å².